The van der Waals surface area contributed by atoms with Crippen LogP contribution >= 0.6 is 0 Å². The van der Waals surface area contributed by atoms with Crippen LogP contribution in [0.15, 0.2) is 12.5 Å². The SMILES string of the molecule is Cc1c(C(=O)C(C)C)cn2ncnc(NC(C)C)c12. The van der Waals surface area contributed by atoms with Crippen molar-refractivity contribution in [3.63, 3.8) is 0 Å². The van der Waals surface area contributed by atoms with Crippen molar-refractivity contribution in [1.82, 2.24) is 14.6 Å². The minimum Gasteiger partial charge on any atom is -0.366 e. The van der Waals surface area contributed by atoms with Gasteiger partial charge in [0.1, 0.15) is 11.8 Å². The maximum atomic E-state index is 12.2. The third kappa shape index (κ3) is 2.45. The van der Waals surface area contributed by atoms with Crippen LogP contribution in [0, 0.1) is 12.8 Å². The van der Waals surface area contributed by atoms with Crippen molar-refractivity contribution >= 4 is 17.1 Å². The summed E-state index contributed by atoms with van der Waals surface area (Å²) in [7, 11) is 0. The van der Waals surface area contributed by atoms with E-state index in [0.29, 0.717) is 0 Å². The Hall–Kier alpha value is -1.91. The summed E-state index contributed by atoms with van der Waals surface area (Å²) in [5, 5.41) is 7.47. The van der Waals surface area contributed by atoms with E-state index in [-0.39, 0.29) is 17.7 Å². The average molecular weight is 260 g/mol. The third-order valence-corrected chi connectivity index (χ3v) is 3.04. The smallest absolute Gasteiger partial charge is 0.167 e. The van der Waals surface area contributed by atoms with Crippen molar-refractivity contribution in [1.29, 1.82) is 0 Å². The van der Waals surface area contributed by atoms with Gasteiger partial charge >= 0.3 is 0 Å². The Bertz CT molecular complexity index is 613. The molecular weight excluding hydrogens is 240 g/mol. The van der Waals surface area contributed by atoms with Crippen LogP contribution in [0.3, 0.4) is 0 Å². The molecule has 0 aromatic carbocycles. The van der Waals surface area contributed by atoms with Gasteiger partial charge in [-0.15, -0.1) is 0 Å². The summed E-state index contributed by atoms with van der Waals surface area (Å²) >= 11 is 0. The molecule has 19 heavy (non-hydrogen) atoms. The van der Waals surface area contributed by atoms with E-state index in [4.69, 9.17) is 0 Å². The molecule has 0 unspecified atom stereocenters. The van der Waals surface area contributed by atoms with Gasteiger partial charge in [0.25, 0.3) is 0 Å². The number of nitrogens with zero attached hydrogens (tertiary/aromatic N) is 3. The summed E-state index contributed by atoms with van der Waals surface area (Å²) in [5.41, 5.74) is 2.53. The highest BCUT2D eigenvalue weighted by atomic mass is 16.1. The van der Waals surface area contributed by atoms with Gasteiger partial charge in [-0.25, -0.2) is 9.50 Å². The molecule has 0 fully saturated rings. The quantitative estimate of drug-likeness (QED) is 0.859. The normalized spacial score (nSPS) is 11.5. The Morgan fingerprint density at radius 1 is 1.32 bits per heavy atom. The number of hydrogen-bond acceptors (Lipinski definition) is 4. The Morgan fingerprint density at radius 3 is 2.58 bits per heavy atom. The Labute approximate surface area is 113 Å². The summed E-state index contributed by atoms with van der Waals surface area (Å²) in [6.07, 6.45) is 3.29. The van der Waals surface area contributed by atoms with Crippen molar-refractivity contribution in [2.75, 3.05) is 5.32 Å². The number of rotatable bonds is 4. The van der Waals surface area contributed by atoms with Crippen LogP contribution in [0.25, 0.3) is 5.52 Å². The molecule has 0 aliphatic heterocycles. The molecule has 0 aliphatic rings. The molecule has 0 saturated heterocycles. The van der Waals surface area contributed by atoms with Gasteiger partial charge in [0.2, 0.25) is 0 Å². The minimum atomic E-state index is -0.0226. The van der Waals surface area contributed by atoms with E-state index in [2.05, 4.69) is 29.2 Å². The van der Waals surface area contributed by atoms with Gasteiger partial charge in [0.05, 0.1) is 0 Å². The lowest BCUT2D eigenvalue weighted by molar-refractivity contribution is 0.0939. The lowest BCUT2D eigenvalue weighted by Crippen LogP contribution is -2.12. The van der Waals surface area contributed by atoms with Crippen molar-refractivity contribution in [3.8, 4) is 0 Å². The lowest BCUT2D eigenvalue weighted by Gasteiger charge is -2.10. The van der Waals surface area contributed by atoms with Crippen molar-refractivity contribution in [3.05, 3.63) is 23.7 Å². The molecule has 2 aromatic heterocycles. The van der Waals surface area contributed by atoms with E-state index in [0.717, 1.165) is 22.5 Å². The summed E-state index contributed by atoms with van der Waals surface area (Å²) in [6, 6.07) is 0.275. The fourth-order valence-corrected chi connectivity index (χ4v) is 2.10. The Morgan fingerprint density at radius 2 is 2.00 bits per heavy atom. The molecule has 0 spiro atoms. The second kappa shape index (κ2) is 4.99. The van der Waals surface area contributed by atoms with E-state index < -0.39 is 0 Å². The van der Waals surface area contributed by atoms with Crippen LogP contribution in [0.5, 0.6) is 0 Å². The van der Waals surface area contributed by atoms with Crippen LogP contribution in [0.4, 0.5) is 5.82 Å². The van der Waals surface area contributed by atoms with Gasteiger partial charge in [-0.1, -0.05) is 13.8 Å². The van der Waals surface area contributed by atoms with E-state index in [1.165, 1.54) is 6.33 Å². The second-order valence-corrected chi connectivity index (χ2v) is 5.39. The fourth-order valence-electron chi connectivity index (χ4n) is 2.10. The van der Waals surface area contributed by atoms with Crippen molar-refractivity contribution in [2.24, 2.45) is 5.92 Å². The first-order valence-corrected chi connectivity index (χ1v) is 6.55. The van der Waals surface area contributed by atoms with Gasteiger partial charge in [0, 0.05) is 23.7 Å². The first-order chi connectivity index (χ1) is 8.91. The van der Waals surface area contributed by atoms with E-state index in [1.54, 1.807) is 10.7 Å². The Balaban J connectivity index is 2.60. The molecule has 0 aliphatic carbocycles. The summed E-state index contributed by atoms with van der Waals surface area (Å²) in [5.74, 6) is 0.884. The number of Topliss-reactive ketones (excluding diaryl/α,β-unsaturated/α-hetero) is 1. The summed E-state index contributed by atoms with van der Waals surface area (Å²) in [6.45, 7) is 9.86. The highest BCUT2D eigenvalue weighted by molar-refractivity contribution is 6.01. The first-order valence-electron chi connectivity index (χ1n) is 6.55. The lowest BCUT2D eigenvalue weighted by atomic mass is 10.0. The first kappa shape index (κ1) is 13.5. The maximum absolute atomic E-state index is 12.2. The monoisotopic (exact) mass is 260 g/mol. The zero-order chi connectivity index (χ0) is 14.2. The standard InChI is InChI=1S/C14H20N4O/c1-8(2)13(19)11-6-18-12(10(11)5)14(15-7-16-18)17-9(3)4/h6-9H,1-5H3,(H,15,16,17). The predicted molar refractivity (Wildman–Crippen MR) is 75.7 cm³/mol. The van der Waals surface area contributed by atoms with Gasteiger partial charge in [0.15, 0.2) is 11.6 Å². The van der Waals surface area contributed by atoms with E-state index >= 15 is 0 Å². The number of carbonyl (C=O) groups excluding carboxylic acids is 1. The van der Waals surface area contributed by atoms with Crippen LogP contribution in [-0.4, -0.2) is 26.4 Å². The topological polar surface area (TPSA) is 59.3 Å². The third-order valence-electron chi connectivity index (χ3n) is 3.04. The number of ketones is 1. The number of aromatic nitrogens is 3. The zero-order valence-electron chi connectivity index (χ0n) is 12.1. The Kier molecular flexibility index (Phi) is 3.55. The van der Waals surface area contributed by atoms with Gasteiger partial charge < -0.3 is 5.32 Å². The van der Waals surface area contributed by atoms with E-state index in [9.17, 15) is 4.79 Å². The van der Waals surface area contributed by atoms with Crippen LogP contribution < -0.4 is 5.32 Å². The van der Waals surface area contributed by atoms with Gasteiger partial charge in [-0.2, -0.15) is 5.10 Å². The summed E-state index contributed by atoms with van der Waals surface area (Å²) < 4.78 is 1.72. The number of fused-ring (bicyclic) bond motifs is 1. The van der Waals surface area contributed by atoms with E-state index in [1.807, 2.05) is 20.8 Å². The molecule has 102 valence electrons. The fraction of sp³-hybridized carbons (Fsp3) is 0.500. The van der Waals surface area contributed by atoms with Gasteiger partial charge in [-0.05, 0) is 26.3 Å². The van der Waals surface area contributed by atoms with Crippen LogP contribution in [0.2, 0.25) is 0 Å². The second-order valence-electron chi connectivity index (χ2n) is 5.39. The minimum absolute atomic E-state index is 0.0226. The molecule has 5 nitrogen and oxygen atoms in total. The molecule has 1 N–H and O–H groups in total. The van der Waals surface area contributed by atoms with Crippen molar-refractivity contribution in [2.45, 2.75) is 40.7 Å². The van der Waals surface area contributed by atoms with Gasteiger partial charge in [-0.3, -0.25) is 4.79 Å². The number of carbonyl (C=O) groups is 1. The highest BCUT2D eigenvalue weighted by Crippen LogP contribution is 2.24. The molecule has 0 saturated carbocycles. The molecule has 0 amide bonds. The number of nitrogens with one attached hydrogen (secondary N) is 1. The number of hydrogen-bond donors (Lipinski definition) is 1. The highest BCUT2D eigenvalue weighted by Gasteiger charge is 2.19. The van der Waals surface area contributed by atoms with Crippen molar-refractivity contribution < 1.29 is 4.79 Å². The molecular formula is C14H20N4O. The zero-order valence-corrected chi connectivity index (χ0v) is 12.1. The molecule has 2 heterocycles. The number of anilines is 1. The van der Waals surface area contributed by atoms with Crippen LogP contribution in [-0.2, 0) is 0 Å². The largest absolute Gasteiger partial charge is 0.366 e. The molecule has 5 heteroatoms. The molecule has 2 rings (SSSR count). The molecule has 0 radical (unpaired) electrons. The summed E-state index contributed by atoms with van der Waals surface area (Å²) in [4.78, 5) is 16.5. The average Bonchev–Trinajstić information content (AvgIpc) is 2.66. The molecule has 2 aromatic rings. The predicted octanol–water partition coefficient (Wildman–Crippen LogP) is 2.70. The molecule has 0 bridgehead atoms. The maximum Gasteiger partial charge on any atom is 0.167 e. The van der Waals surface area contributed by atoms with Crippen LogP contribution in [0.1, 0.15) is 43.6 Å². The number of aryl methyl sites for hydroxylation is 1. The molecule has 0 atom stereocenters.